The standard InChI is InChI=1S/C10H20O/c1-4-10(11)6-5-8(2)9(3)7-10/h8-9,11H,4-7H2,1-3H3. The molecule has 1 nitrogen and oxygen atoms in total. The van der Waals surface area contributed by atoms with E-state index in [1.807, 2.05) is 0 Å². The van der Waals surface area contributed by atoms with Gasteiger partial charge in [-0.2, -0.15) is 0 Å². The molecule has 0 radical (unpaired) electrons. The molecule has 1 N–H and O–H groups in total. The summed E-state index contributed by atoms with van der Waals surface area (Å²) < 4.78 is 0. The van der Waals surface area contributed by atoms with Gasteiger partial charge < -0.3 is 5.11 Å². The van der Waals surface area contributed by atoms with Crippen LogP contribution < -0.4 is 0 Å². The molecule has 11 heavy (non-hydrogen) atoms. The lowest BCUT2D eigenvalue weighted by Gasteiger charge is -2.38. The molecule has 0 amide bonds. The van der Waals surface area contributed by atoms with Crippen LogP contribution in [0.2, 0.25) is 0 Å². The highest BCUT2D eigenvalue weighted by molar-refractivity contribution is 4.86. The van der Waals surface area contributed by atoms with Crippen LogP contribution in [0.1, 0.15) is 46.5 Å². The monoisotopic (exact) mass is 156 g/mol. The van der Waals surface area contributed by atoms with E-state index >= 15 is 0 Å². The lowest BCUT2D eigenvalue weighted by Crippen LogP contribution is -2.36. The van der Waals surface area contributed by atoms with Crippen LogP contribution in [-0.4, -0.2) is 10.7 Å². The predicted octanol–water partition coefficient (Wildman–Crippen LogP) is 2.58. The van der Waals surface area contributed by atoms with Crippen molar-refractivity contribution in [1.29, 1.82) is 0 Å². The fourth-order valence-electron chi connectivity index (χ4n) is 2.00. The molecule has 1 saturated carbocycles. The van der Waals surface area contributed by atoms with Gasteiger partial charge in [-0.05, 0) is 37.5 Å². The highest BCUT2D eigenvalue weighted by Gasteiger charge is 2.33. The lowest BCUT2D eigenvalue weighted by atomic mass is 9.72. The van der Waals surface area contributed by atoms with Crippen molar-refractivity contribution in [3.05, 3.63) is 0 Å². The van der Waals surface area contributed by atoms with Crippen molar-refractivity contribution in [1.82, 2.24) is 0 Å². The smallest absolute Gasteiger partial charge is 0.0648 e. The Hall–Kier alpha value is -0.0400. The summed E-state index contributed by atoms with van der Waals surface area (Å²) in [7, 11) is 0. The Bertz CT molecular complexity index is 133. The van der Waals surface area contributed by atoms with Crippen LogP contribution in [-0.2, 0) is 0 Å². The molecule has 0 aromatic rings. The van der Waals surface area contributed by atoms with Gasteiger partial charge in [0, 0.05) is 0 Å². The number of aliphatic hydroxyl groups is 1. The zero-order chi connectivity index (χ0) is 8.48. The average molecular weight is 156 g/mol. The fraction of sp³-hybridized carbons (Fsp3) is 1.00. The average Bonchev–Trinajstić information content (AvgIpc) is 1.98. The molecule has 1 aliphatic rings. The van der Waals surface area contributed by atoms with Crippen LogP contribution in [0.3, 0.4) is 0 Å². The van der Waals surface area contributed by atoms with Crippen molar-refractivity contribution in [3.8, 4) is 0 Å². The van der Waals surface area contributed by atoms with E-state index in [0.29, 0.717) is 5.92 Å². The second kappa shape index (κ2) is 3.14. The molecule has 0 aliphatic heterocycles. The van der Waals surface area contributed by atoms with Gasteiger partial charge in [-0.1, -0.05) is 20.8 Å². The third-order valence-corrected chi connectivity index (χ3v) is 3.40. The zero-order valence-electron chi connectivity index (χ0n) is 7.93. The van der Waals surface area contributed by atoms with Gasteiger partial charge in [0.1, 0.15) is 0 Å². The van der Waals surface area contributed by atoms with Gasteiger partial charge in [-0.15, -0.1) is 0 Å². The molecule has 0 aromatic heterocycles. The maximum atomic E-state index is 9.97. The Kier molecular flexibility index (Phi) is 2.58. The van der Waals surface area contributed by atoms with Crippen molar-refractivity contribution in [2.45, 2.75) is 52.1 Å². The molecule has 1 aliphatic carbocycles. The molecule has 3 atom stereocenters. The molecule has 0 bridgehead atoms. The summed E-state index contributed by atoms with van der Waals surface area (Å²) in [5, 5.41) is 9.97. The highest BCUT2D eigenvalue weighted by Crippen LogP contribution is 2.37. The number of hydrogen-bond donors (Lipinski definition) is 1. The first-order valence-corrected chi connectivity index (χ1v) is 4.80. The highest BCUT2D eigenvalue weighted by atomic mass is 16.3. The Morgan fingerprint density at radius 3 is 2.45 bits per heavy atom. The van der Waals surface area contributed by atoms with Crippen molar-refractivity contribution < 1.29 is 5.11 Å². The van der Waals surface area contributed by atoms with E-state index in [1.165, 1.54) is 6.42 Å². The summed E-state index contributed by atoms with van der Waals surface area (Å²) in [4.78, 5) is 0. The molecule has 66 valence electrons. The van der Waals surface area contributed by atoms with Gasteiger partial charge in [0.05, 0.1) is 5.60 Å². The van der Waals surface area contributed by atoms with Crippen LogP contribution in [0.5, 0.6) is 0 Å². The SMILES string of the molecule is CCC1(O)CCC(C)C(C)C1. The fourth-order valence-corrected chi connectivity index (χ4v) is 2.00. The third kappa shape index (κ3) is 1.96. The van der Waals surface area contributed by atoms with E-state index in [4.69, 9.17) is 0 Å². The second-order valence-corrected chi connectivity index (χ2v) is 4.28. The summed E-state index contributed by atoms with van der Waals surface area (Å²) in [6.07, 6.45) is 4.13. The number of hydrogen-bond acceptors (Lipinski definition) is 1. The van der Waals surface area contributed by atoms with Crippen molar-refractivity contribution in [3.63, 3.8) is 0 Å². The van der Waals surface area contributed by atoms with Crippen LogP contribution in [0.15, 0.2) is 0 Å². The molecule has 0 heterocycles. The normalized spacial score (nSPS) is 45.8. The zero-order valence-corrected chi connectivity index (χ0v) is 7.93. The molecule has 0 spiro atoms. The Morgan fingerprint density at radius 1 is 1.36 bits per heavy atom. The van der Waals surface area contributed by atoms with Crippen molar-refractivity contribution in [2.24, 2.45) is 11.8 Å². The maximum absolute atomic E-state index is 9.97. The van der Waals surface area contributed by atoms with Crippen LogP contribution in [0.25, 0.3) is 0 Å². The van der Waals surface area contributed by atoms with Crippen LogP contribution in [0.4, 0.5) is 0 Å². The first-order valence-electron chi connectivity index (χ1n) is 4.80. The summed E-state index contributed by atoms with van der Waals surface area (Å²) >= 11 is 0. The minimum Gasteiger partial charge on any atom is -0.390 e. The summed E-state index contributed by atoms with van der Waals surface area (Å²) in [5.74, 6) is 1.51. The molecular formula is C10H20O. The molecule has 0 saturated heterocycles. The first kappa shape index (κ1) is 9.05. The summed E-state index contributed by atoms with van der Waals surface area (Å²) in [5.41, 5.74) is -0.327. The van der Waals surface area contributed by atoms with E-state index < -0.39 is 0 Å². The van der Waals surface area contributed by atoms with E-state index in [2.05, 4.69) is 20.8 Å². The quantitative estimate of drug-likeness (QED) is 0.618. The third-order valence-electron chi connectivity index (χ3n) is 3.40. The minimum atomic E-state index is -0.327. The van der Waals surface area contributed by atoms with Gasteiger partial charge in [-0.25, -0.2) is 0 Å². The molecule has 3 unspecified atom stereocenters. The molecular weight excluding hydrogens is 136 g/mol. The topological polar surface area (TPSA) is 20.2 Å². The predicted molar refractivity (Wildman–Crippen MR) is 47.4 cm³/mol. The van der Waals surface area contributed by atoms with E-state index in [1.54, 1.807) is 0 Å². The minimum absolute atomic E-state index is 0.327. The Labute approximate surface area is 69.8 Å². The van der Waals surface area contributed by atoms with E-state index in [9.17, 15) is 5.11 Å². The molecule has 1 fully saturated rings. The van der Waals surface area contributed by atoms with Gasteiger partial charge in [0.25, 0.3) is 0 Å². The van der Waals surface area contributed by atoms with E-state index in [0.717, 1.165) is 25.2 Å². The second-order valence-electron chi connectivity index (χ2n) is 4.28. The number of rotatable bonds is 1. The first-order chi connectivity index (χ1) is 5.07. The van der Waals surface area contributed by atoms with Gasteiger partial charge in [0.2, 0.25) is 0 Å². The summed E-state index contributed by atoms with van der Waals surface area (Å²) in [6.45, 7) is 6.63. The van der Waals surface area contributed by atoms with Crippen molar-refractivity contribution in [2.75, 3.05) is 0 Å². The largest absolute Gasteiger partial charge is 0.390 e. The Morgan fingerprint density at radius 2 is 2.00 bits per heavy atom. The maximum Gasteiger partial charge on any atom is 0.0648 e. The van der Waals surface area contributed by atoms with Crippen molar-refractivity contribution >= 4 is 0 Å². The molecule has 0 aromatic carbocycles. The van der Waals surface area contributed by atoms with Crippen LogP contribution in [0, 0.1) is 11.8 Å². The van der Waals surface area contributed by atoms with Crippen LogP contribution >= 0.6 is 0 Å². The molecule has 1 heteroatoms. The van der Waals surface area contributed by atoms with Gasteiger partial charge in [-0.3, -0.25) is 0 Å². The summed E-state index contributed by atoms with van der Waals surface area (Å²) in [6, 6.07) is 0. The van der Waals surface area contributed by atoms with E-state index in [-0.39, 0.29) is 5.60 Å². The van der Waals surface area contributed by atoms with Gasteiger partial charge >= 0.3 is 0 Å². The lowest BCUT2D eigenvalue weighted by molar-refractivity contribution is -0.0312. The Balaban J connectivity index is 2.51. The van der Waals surface area contributed by atoms with Gasteiger partial charge in [0.15, 0.2) is 0 Å². The molecule has 1 rings (SSSR count).